The maximum atomic E-state index is 6.09. The van der Waals surface area contributed by atoms with Crippen LogP contribution in [0.2, 0.25) is 0 Å². The van der Waals surface area contributed by atoms with Crippen LogP contribution in [0.5, 0.6) is 5.75 Å². The molecule has 0 bridgehead atoms. The lowest BCUT2D eigenvalue weighted by Crippen LogP contribution is -2.22. The maximum Gasteiger partial charge on any atom is 0.123 e. The third-order valence-electron chi connectivity index (χ3n) is 4.65. The van der Waals surface area contributed by atoms with E-state index in [1.165, 1.54) is 33.7 Å². The molecule has 1 aromatic carbocycles. The van der Waals surface area contributed by atoms with E-state index in [0.717, 1.165) is 18.8 Å². The van der Waals surface area contributed by atoms with Gasteiger partial charge in [0.25, 0.3) is 0 Å². The first kappa shape index (κ1) is 17.6. The topological polar surface area (TPSA) is 30.5 Å². The van der Waals surface area contributed by atoms with Crippen LogP contribution in [0.4, 0.5) is 0 Å². The second-order valence-electron chi connectivity index (χ2n) is 6.41. The maximum absolute atomic E-state index is 6.09. The molecule has 1 aliphatic rings. The van der Waals surface area contributed by atoms with Crippen molar-refractivity contribution in [2.24, 2.45) is 0 Å². The third-order valence-corrected chi connectivity index (χ3v) is 4.65. The molecule has 1 aromatic rings. The number of dihydropyridines is 1. The Bertz CT molecular complexity index is 605. The van der Waals surface area contributed by atoms with Gasteiger partial charge in [-0.1, -0.05) is 12.1 Å². The molecule has 1 N–H and O–H groups in total. The van der Waals surface area contributed by atoms with Crippen LogP contribution >= 0.6 is 0 Å². The minimum atomic E-state index is 0.286. The van der Waals surface area contributed by atoms with E-state index in [1.54, 1.807) is 7.11 Å². The predicted molar refractivity (Wildman–Crippen MR) is 95.8 cm³/mol. The van der Waals surface area contributed by atoms with E-state index in [4.69, 9.17) is 9.47 Å². The summed E-state index contributed by atoms with van der Waals surface area (Å²) in [6.45, 7) is 12.2. The van der Waals surface area contributed by atoms with E-state index in [1.807, 2.05) is 0 Å². The van der Waals surface area contributed by atoms with Crippen LogP contribution in [-0.2, 0) is 4.74 Å². The minimum absolute atomic E-state index is 0.286. The molecule has 3 nitrogen and oxygen atoms in total. The lowest BCUT2D eigenvalue weighted by atomic mass is 9.81. The molecule has 0 saturated heterocycles. The molecular weight excluding hydrogens is 286 g/mol. The largest absolute Gasteiger partial charge is 0.493 e. The molecule has 2 rings (SSSR count). The summed E-state index contributed by atoms with van der Waals surface area (Å²) in [5.41, 5.74) is 7.68. The molecule has 0 aliphatic carbocycles. The Morgan fingerprint density at radius 1 is 0.957 bits per heavy atom. The number of methoxy groups -OCH3 is 1. The zero-order valence-electron chi connectivity index (χ0n) is 15.2. The molecule has 1 aliphatic heterocycles. The van der Waals surface area contributed by atoms with Crippen molar-refractivity contribution in [1.29, 1.82) is 0 Å². The minimum Gasteiger partial charge on any atom is -0.493 e. The van der Waals surface area contributed by atoms with E-state index in [-0.39, 0.29) is 5.92 Å². The quantitative estimate of drug-likeness (QED) is 0.773. The molecule has 3 heteroatoms. The molecule has 0 aromatic heterocycles. The number of hydrogen-bond acceptors (Lipinski definition) is 3. The van der Waals surface area contributed by atoms with Gasteiger partial charge in [-0.05, 0) is 57.4 Å². The summed E-state index contributed by atoms with van der Waals surface area (Å²) in [6, 6.07) is 6.53. The lowest BCUT2D eigenvalue weighted by Gasteiger charge is -2.30. The molecule has 0 saturated carbocycles. The second-order valence-corrected chi connectivity index (χ2v) is 6.41. The van der Waals surface area contributed by atoms with Crippen LogP contribution in [0.1, 0.15) is 51.2 Å². The van der Waals surface area contributed by atoms with E-state index < -0.39 is 0 Å². The molecule has 23 heavy (non-hydrogen) atoms. The molecule has 0 fully saturated rings. The zero-order valence-corrected chi connectivity index (χ0v) is 15.2. The average molecular weight is 315 g/mol. The summed E-state index contributed by atoms with van der Waals surface area (Å²) in [7, 11) is 1.72. The molecule has 1 heterocycles. The van der Waals surface area contributed by atoms with Gasteiger partial charge in [-0.15, -0.1) is 0 Å². The van der Waals surface area contributed by atoms with Crippen molar-refractivity contribution < 1.29 is 9.47 Å². The van der Waals surface area contributed by atoms with Gasteiger partial charge in [0, 0.05) is 43.0 Å². The van der Waals surface area contributed by atoms with E-state index in [9.17, 15) is 0 Å². The van der Waals surface area contributed by atoms with Crippen molar-refractivity contribution >= 4 is 0 Å². The van der Waals surface area contributed by atoms with Gasteiger partial charge in [-0.3, -0.25) is 0 Å². The van der Waals surface area contributed by atoms with Crippen molar-refractivity contribution in [3.05, 3.63) is 51.9 Å². The number of ether oxygens (including phenoxy) is 2. The number of hydrogen-bond donors (Lipinski definition) is 1. The van der Waals surface area contributed by atoms with E-state index >= 15 is 0 Å². The molecule has 126 valence electrons. The highest BCUT2D eigenvalue weighted by Gasteiger charge is 2.26. The van der Waals surface area contributed by atoms with Crippen LogP contribution in [0.25, 0.3) is 0 Å². The van der Waals surface area contributed by atoms with E-state index in [0.29, 0.717) is 6.61 Å². The molecule has 0 radical (unpaired) electrons. The highest BCUT2D eigenvalue weighted by molar-refractivity contribution is 5.50. The third kappa shape index (κ3) is 3.97. The standard InChI is InChI=1S/C20H29NO2/c1-13-8-9-18(19(12-13)23-11-7-10-22-6)20-14(2)16(4)21-17(5)15(20)3/h8-9,12,20-21H,7,10-11H2,1-6H3. The summed E-state index contributed by atoms with van der Waals surface area (Å²) in [4.78, 5) is 0. The Hall–Kier alpha value is -1.74. The number of rotatable bonds is 6. The second kappa shape index (κ2) is 7.69. The Kier molecular flexibility index (Phi) is 5.89. The first-order chi connectivity index (χ1) is 11.0. The van der Waals surface area contributed by atoms with Gasteiger partial charge in [-0.25, -0.2) is 0 Å². The van der Waals surface area contributed by atoms with Crippen LogP contribution in [0, 0.1) is 6.92 Å². The summed E-state index contributed by atoms with van der Waals surface area (Å²) >= 11 is 0. The fraction of sp³-hybridized carbons (Fsp3) is 0.500. The first-order valence-corrected chi connectivity index (χ1v) is 8.29. The van der Waals surface area contributed by atoms with Gasteiger partial charge < -0.3 is 14.8 Å². The summed E-state index contributed by atoms with van der Waals surface area (Å²) in [5, 5.41) is 3.47. The van der Waals surface area contributed by atoms with E-state index in [2.05, 4.69) is 58.1 Å². The van der Waals surface area contributed by atoms with Gasteiger partial charge in [-0.2, -0.15) is 0 Å². The Morgan fingerprint density at radius 2 is 1.61 bits per heavy atom. The number of allylic oxidation sites excluding steroid dienone is 4. The predicted octanol–water partition coefficient (Wildman–Crippen LogP) is 4.68. The van der Waals surface area contributed by atoms with Crippen molar-refractivity contribution in [3.8, 4) is 5.75 Å². The molecule has 0 unspecified atom stereocenters. The molecule has 0 amide bonds. The van der Waals surface area contributed by atoms with Crippen molar-refractivity contribution in [2.45, 2.75) is 47.0 Å². The fourth-order valence-corrected chi connectivity index (χ4v) is 3.09. The van der Waals surface area contributed by atoms with Crippen molar-refractivity contribution in [3.63, 3.8) is 0 Å². The Labute approximate surface area is 140 Å². The van der Waals surface area contributed by atoms with Crippen molar-refractivity contribution in [2.75, 3.05) is 20.3 Å². The Balaban J connectivity index is 2.36. The van der Waals surface area contributed by atoms with Gasteiger partial charge >= 0.3 is 0 Å². The highest BCUT2D eigenvalue weighted by Crippen LogP contribution is 2.41. The first-order valence-electron chi connectivity index (χ1n) is 8.29. The Morgan fingerprint density at radius 3 is 2.22 bits per heavy atom. The SMILES string of the molecule is COCCCOc1cc(C)ccc1C1C(C)=C(C)NC(C)=C1C. The molecule has 0 atom stereocenters. The van der Waals surface area contributed by atoms with Gasteiger partial charge in [0.2, 0.25) is 0 Å². The summed E-state index contributed by atoms with van der Waals surface area (Å²) in [5.74, 6) is 1.28. The number of nitrogens with one attached hydrogen (secondary N) is 1. The van der Waals surface area contributed by atoms with Gasteiger partial charge in [0.05, 0.1) is 6.61 Å². The van der Waals surface area contributed by atoms with Crippen LogP contribution in [-0.4, -0.2) is 20.3 Å². The van der Waals surface area contributed by atoms with Gasteiger partial charge in [0.1, 0.15) is 5.75 Å². The summed E-state index contributed by atoms with van der Waals surface area (Å²) in [6.07, 6.45) is 0.901. The smallest absolute Gasteiger partial charge is 0.123 e. The fourth-order valence-electron chi connectivity index (χ4n) is 3.09. The molecule has 0 spiro atoms. The number of benzene rings is 1. The normalized spacial score (nSPS) is 15.9. The van der Waals surface area contributed by atoms with Crippen LogP contribution < -0.4 is 10.1 Å². The monoisotopic (exact) mass is 315 g/mol. The summed E-state index contributed by atoms with van der Waals surface area (Å²) < 4.78 is 11.2. The van der Waals surface area contributed by atoms with Crippen LogP contribution in [0.15, 0.2) is 40.7 Å². The van der Waals surface area contributed by atoms with Gasteiger partial charge in [0.15, 0.2) is 0 Å². The average Bonchev–Trinajstić information content (AvgIpc) is 2.51. The zero-order chi connectivity index (χ0) is 17.0. The van der Waals surface area contributed by atoms with Crippen LogP contribution in [0.3, 0.4) is 0 Å². The van der Waals surface area contributed by atoms with Crippen molar-refractivity contribution in [1.82, 2.24) is 5.32 Å². The molecular formula is C20H29NO2. The highest BCUT2D eigenvalue weighted by atomic mass is 16.5. The lowest BCUT2D eigenvalue weighted by molar-refractivity contribution is 0.171. The number of aryl methyl sites for hydroxylation is 1.